The molecule has 1 aliphatic heterocycles. The van der Waals surface area contributed by atoms with Crippen LogP contribution >= 0.6 is 27.9 Å². The molecule has 1 aliphatic rings. The molecule has 0 amide bonds. The number of nitrogens with one attached hydrogen (secondary N) is 1. The van der Waals surface area contributed by atoms with E-state index < -0.39 is 0 Å². The molecule has 23 heavy (non-hydrogen) atoms. The van der Waals surface area contributed by atoms with Crippen LogP contribution in [0, 0.1) is 6.92 Å². The lowest BCUT2D eigenvalue weighted by atomic mass is 10.1. The van der Waals surface area contributed by atoms with E-state index in [1.54, 1.807) is 11.9 Å². The Morgan fingerprint density at radius 1 is 0.957 bits per heavy atom. The number of benzene rings is 2. The molecular weight excluding hydrogens is 370 g/mol. The van der Waals surface area contributed by atoms with Crippen LogP contribution in [0.3, 0.4) is 0 Å². The van der Waals surface area contributed by atoms with Crippen LogP contribution in [0.25, 0.3) is 0 Å². The number of anilines is 3. The molecule has 0 radical (unpaired) electrons. The molecule has 2 aromatic rings. The van der Waals surface area contributed by atoms with Crippen molar-refractivity contribution in [2.45, 2.75) is 6.92 Å². The van der Waals surface area contributed by atoms with Gasteiger partial charge >= 0.3 is 0 Å². The maximum Gasteiger partial charge on any atom is 0.0441 e. The van der Waals surface area contributed by atoms with E-state index in [-0.39, 0.29) is 0 Å². The van der Waals surface area contributed by atoms with Crippen LogP contribution in [0.15, 0.2) is 46.9 Å². The Hall–Kier alpha value is -1.33. The molecular formula is C18H22BrN3S. The summed E-state index contributed by atoms with van der Waals surface area (Å²) in [5.41, 5.74) is 5.15. The molecule has 3 nitrogen and oxygen atoms in total. The molecule has 122 valence electrons. The van der Waals surface area contributed by atoms with Crippen LogP contribution < -0.4 is 14.5 Å². The van der Waals surface area contributed by atoms with Crippen LogP contribution in [-0.2, 0) is 0 Å². The first kappa shape index (κ1) is 16.5. The molecule has 5 heteroatoms. The number of hydrogen-bond acceptors (Lipinski definition) is 4. The van der Waals surface area contributed by atoms with E-state index in [2.05, 4.69) is 79.8 Å². The third-order valence-corrected chi connectivity index (χ3v) is 5.16. The van der Waals surface area contributed by atoms with Crippen molar-refractivity contribution in [3.8, 4) is 0 Å². The highest BCUT2D eigenvalue weighted by Crippen LogP contribution is 2.26. The minimum Gasteiger partial charge on any atom is -0.368 e. The van der Waals surface area contributed by atoms with Crippen molar-refractivity contribution in [1.29, 1.82) is 0 Å². The lowest BCUT2D eigenvalue weighted by Crippen LogP contribution is -2.46. The Kier molecular flexibility index (Phi) is 5.38. The standard InChI is InChI=1S/C18H22BrN3S/c1-14-13-15(19)3-8-18(14)22-11-9-21(10-12-22)17-6-4-16(5-7-17)20-23-2/h3-8,13,20H,9-12H2,1-2H3. The van der Waals surface area contributed by atoms with Gasteiger partial charge in [0.25, 0.3) is 0 Å². The lowest BCUT2D eigenvalue weighted by Gasteiger charge is -2.38. The van der Waals surface area contributed by atoms with Gasteiger partial charge < -0.3 is 14.5 Å². The number of hydrogen-bond donors (Lipinski definition) is 1. The molecule has 2 aromatic carbocycles. The van der Waals surface area contributed by atoms with Gasteiger partial charge in [0.1, 0.15) is 0 Å². The van der Waals surface area contributed by atoms with Crippen LogP contribution in [0.1, 0.15) is 5.56 Å². The van der Waals surface area contributed by atoms with Gasteiger partial charge in [-0.25, -0.2) is 0 Å². The average molecular weight is 392 g/mol. The molecule has 0 bridgehead atoms. The molecule has 1 fully saturated rings. The molecule has 1 heterocycles. The first-order chi connectivity index (χ1) is 11.2. The quantitative estimate of drug-likeness (QED) is 0.755. The molecule has 0 aliphatic carbocycles. The monoisotopic (exact) mass is 391 g/mol. The zero-order valence-corrected chi connectivity index (χ0v) is 16.0. The largest absolute Gasteiger partial charge is 0.368 e. The van der Waals surface area contributed by atoms with E-state index >= 15 is 0 Å². The molecule has 0 saturated carbocycles. The summed E-state index contributed by atoms with van der Waals surface area (Å²) in [5.74, 6) is 0. The number of halogens is 1. The van der Waals surface area contributed by atoms with Crippen molar-refractivity contribution in [2.75, 3.05) is 47.0 Å². The Labute approximate surface area is 151 Å². The minimum atomic E-state index is 1.06. The minimum absolute atomic E-state index is 1.06. The fraction of sp³-hybridized carbons (Fsp3) is 0.333. The summed E-state index contributed by atoms with van der Waals surface area (Å²) in [7, 11) is 0. The predicted molar refractivity (Wildman–Crippen MR) is 107 cm³/mol. The normalized spacial score (nSPS) is 14.9. The summed E-state index contributed by atoms with van der Waals surface area (Å²) in [6.45, 7) is 6.43. The maximum absolute atomic E-state index is 3.54. The van der Waals surface area contributed by atoms with Crippen molar-refractivity contribution in [3.05, 3.63) is 52.5 Å². The van der Waals surface area contributed by atoms with Gasteiger partial charge in [0, 0.05) is 54.0 Å². The third kappa shape index (κ3) is 3.96. The smallest absolute Gasteiger partial charge is 0.0441 e. The number of aryl methyl sites for hydroxylation is 1. The summed E-state index contributed by atoms with van der Waals surface area (Å²) in [6.07, 6.45) is 2.04. The Bertz CT molecular complexity index is 652. The van der Waals surface area contributed by atoms with Gasteiger partial charge in [-0.1, -0.05) is 27.9 Å². The summed E-state index contributed by atoms with van der Waals surface area (Å²) in [5, 5.41) is 0. The van der Waals surface area contributed by atoms with E-state index in [0.29, 0.717) is 0 Å². The molecule has 1 N–H and O–H groups in total. The second kappa shape index (κ2) is 7.49. The lowest BCUT2D eigenvalue weighted by molar-refractivity contribution is 0.652. The van der Waals surface area contributed by atoms with E-state index in [9.17, 15) is 0 Å². The van der Waals surface area contributed by atoms with Crippen molar-refractivity contribution in [3.63, 3.8) is 0 Å². The number of nitrogens with zero attached hydrogens (tertiary/aromatic N) is 2. The SMILES string of the molecule is CSNc1ccc(N2CCN(c3ccc(Br)cc3C)CC2)cc1. The van der Waals surface area contributed by atoms with E-state index in [1.807, 2.05) is 6.26 Å². The van der Waals surface area contributed by atoms with Gasteiger partial charge in [0.15, 0.2) is 0 Å². The predicted octanol–water partition coefficient (Wildman–Crippen LogP) is 4.77. The van der Waals surface area contributed by atoms with Crippen molar-refractivity contribution < 1.29 is 0 Å². The molecule has 1 saturated heterocycles. The first-order valence-electron chi connectivity index (χ1n) is 7.82. The van der Waals surface area contributed by atoms with Crippen LogP contribution in [0.4, 0.5) is 17.1 Å². The number of piperazine rings is 1. The van der Waals surface area contributed by atoms with Gasteiger partial charge in [0.2, 0.25) is 0 Å². The second-order valence-electron chi connectivity index (χ2n) is 5.76. The van der Waals surface area contributed by atoms with Crippen molar-refractivity contribution in [1.82, 2.24) is 0 Å². The number of rotatable bonds is 4. The van der Waals surface area contributed by atoms with Crippen molar-refractivity contribution in [2.24, 2.45) is 0 Å². The van der Waals surface area contributed by atoms with E-state index in [1.165, 1.54) is 16.9 Å². The van der Waals surface area contributed by atoms with Crippen molar-refractivity contribution >= 4 is 44.9 Å². The molecule has 0 aromatic heterocycles. The van der Waals surface area contributed by atoms with Crippen LogP contribution in [0.5, 0.6) is 0 Å². The van der Waals surface area contributed by atoms with Crippen LogP contribution in [-0.4, -0.2) is 32.4 Å². The van der Waals surface area contributed by atoms with Gasteiger partial charge in [-0.3, -0.25) is 0 Å². The molecule has 3 rings (SSSR count). The Morgan fingerprint density at radius 3 is 2.22 bits per heavy atom. The molecule has 0 spiro atoms. The Morgan fingerprint density at radius 2 is 1.61 bits per heavy atom. The van der Waals surface area contributed by atoms with E-state index in [0.717, 1.165) is 36.3 Å². The molecule has 0 atom stereocenters. The van der Waals surface area contributed by atoms with Gasteiger partial charge in [-0.15, -0.1) is 0 Å². The fourth-order valence-electron chi connectivity index (χ4n) is 3.04. The highest BCUT2D eigenvalue weighted by atomic mass is 79.9. The van der Waals surface area contributed by atoms with E-state index in [4.69, 9.17) is 0 Å². The summed E-state index contributed by atoms with van der Waals surface area (Å²) >= 11 is 5.17. The zero-order valence-electron chi connectivity index (χ0n) is 13.6. The highest BCUT2D eigenvalue weighted by Gasteiger charge is 2.18. The van der Waals surface area contributed by atoms with Gasteiger partial charge in [-0.2, -0.15) is 0 Å². The third-order valence-electron chi connectivity index (χ3n) is 4.23. The fourth-order valence-corrected chi connectivity index (χ4v) is 3.88. The average Bonchev–Trinajstić information content (AvgIpc) is 2.56. The topological polar surface area (TPSA) is 18.5 Å². The zero-order chi connectivity index (χ0) is 16.2. The maximum atomic E-state index is 3.54. The van der Waals surface area contributed by atoms with Gasteiger partial charge in [0.05, 0.1) is 0 Å². The summed E-state index contributed by atoms with van der Waals surface area (Å²) in [4.78, 5) is 4.95. The van der Waals surface area contributed by atoms with Crippen LogP contribution in [0.2, 0.25) is 0 Å². The molecule has 0 unspecified atom stereocenters. The van der Waals surface area contributed by atoms with Gasteiger partial charge in [-0.05, 0) is 55.0 Å². The highest BCUT2D eigenvalue weighted by molar-refractivity contribution is 9.10. The Balaban J connectivity index is 1.63. The first-order valence-corrected chi connectivity index (χ1v) is 9.84. The summed E-state index contributed by atoms with van der Waals surface area (Å²) < 4.78 is 4.41. The second-order valence-corrected chi connectivity index (χ2v) is 7.29. The summed E-state index contributed by atoms with van der Waals surface area (Å²) in [6, 6.07) is 15.3.